The van der Waals surface area contributed by atoms with Crippen molar-refractivity contribution in [2.45, 2.75) is 32.2 Å². The van der Waals surface area contributed by atoms with Crippen LogP contribution in [0.15, 0.2) is 22.7 Å². The number of ether oxygens (including phenoxy) is 1. The first-order chi connectivity index (χ1) is 10.6. The van der Waals surface area contributed by atoms with Crippen molar-refractivity contribution in [1.29, 1.82) is 0 Å². The zero-order valence-corrected chi connectivity index (χ0v) is 14.7. The van der Waals surface area contributed by atoms with E-state index in [0.29, 0.717) is 10.2 Å². The van der Waals surface area contributed by atoms with Crippen LogP contribution in [0.2, 0.25) is 0 Å². The average Bonchev–Trinajstić information content (AvgIpc) is 2.45. The number of carboxylic acid groups (broad SMARTS) is 1. The number of hydrogen-bond donors (Lipinski definition) is 3. The van der Waals surface area contributed by atoms with Gasteiger partial charge in [0.05, 0.1) is 18.4 Å². The van der Waals surface area contributed by atoms with Crippen molar-refractivity contribution in [3.8, 4) is 0 Å². The molecule has 0 saturated heterocycles. The maximum Gasteiger partial charge on any atom is 0.340 e. The SMILES string of the molecule is COC(=O)c1cc(Br)ccc1NC(=O)NC(C)(C)CCC(=O)O. The molecule has 0 aliphatic heterocycles. The highest BCUT2D eigenvalue weighted by atomic mass is 79.9. The molecule has 1 aromatic carbocycles. The Morgan fingerprint density at radius 1 is 1.30 bits per heavy atom. The summed E-state index contributed by atoms with van der Waals surface area (Å²) in [6.45, 7) is 3.44. The lowest BCUT2D eigenvalue weighted by Crippen LogP contribution is -2.46. The zero-order chi connectivity index (χ0) is 17.6. The highest BCUT2D eigenvalue weighted by molar-refractivity contribution is 9.10. The van der Waals surface area contributed by atoms with Crippen molar-refractivity contribution in [3.63, 3.8) is 0 Å². The smallest absolute Gasteiger partial charge is 0.340 e. The number of halogens is 1. The number of nitrogens with one attached hydrogen (secondary N) is 2. The van der Waals surface area contributed by atoms with E-state index >= 15 is 0 Å². The van der Waals surface area contributed by atoms with Crippen molar-refractivity contribution in [1.82, 2.24) is 5.32 Å². The number of methoxy groups -OCH3 is 1. The summed E-state index contributed by atoms with van der Waals surface area (Å²) in [5, 5.41) is 14.0. The number of anilines is 1. The minimum atomic E-state index is -0.929. The summed E-state index contributed by atoms with van der Waals surface area (Å²) < 4.78 is 5.35. The van der Waals surface area contributed by atoms with Gasteiger partial charge in [-0.3, -0.25) is 4.79 Å². The number of urea groups is 1. The van der Waals surface area contributed by atoms with Gasteiger partial charge >= 0.3 is 18.0 Å². The van der Waals surface area contributed by atoms with Gasteiger partial charge in [0.15, 0.2) is 0 Å². The predicted molar refractivity (Wildman–Crippen MR) is 88.6 cm³/mol. The van der Waals surface area contributed by atoms with Crippen LogP contribution in [0, 0.1) is 0 Å². The summed E-state index contributed by atoms with van der Waals surface area (Å²) in [6, 6.07) is 4.25. The molecule has 0 fully saturated rings. The molecule has 1 aromatic rings. The number of amides is 2. The van der Waals surface area contributed by atoms with Crippen LogP contribution >= 0.6 is 15.9 Å². The molecule has 0 heterocycles. The second-order valence-electron chi connectivity index (χ2n) is 5.54. The lowest BCUT2D eigenvalue weighted by Gasteiger charge is -2.26. The number of aliphatic carboxylic acids is 1. The molecular weight excluding hydrogens is 368 g/mol. The predicted octanol–water partition coefficient (Wildman–Crippen LogP) is 3.00. The molecule has 0 spiro atoms. The lowest BCUT2D eigenvalue weighted by atomic mass is 9.99. The van der Waals surface area contributed by atoms with Gasteiger partial charge in [0, 0.05) is 16.4 Å². The van der Waals surface area contributed by atoms with E-state index in [0.717, 1.165) is 0 Å². The Balaban J connectivity index is 2.81. The number of carbonyl (C=O) groups is 3. The summed E-state index contributed by atoms with van der Waals surface area (Å²) >= 11 is 3.25. The number of carbonyl (C=O) groups excluding carboxylic acids is 2. The summed E-state index contributed by atoms with van der Waals surface area (Å²) in [6.07, 6.45) is 0.221. The van der Waals surface area contributed by atoms with Gasteiger partial charge in [0.1, 0.15) is 0 Å². The van der Waals surface area contributed by atoms with Gasteiger partial charge in [0.2, 0.25) is 0 Å². The van der Waals surface area contributed by atoms with Crippen molar-refractivity contribution in [2.75, 3.05) is 12.4 Å². The van der Waals surface area contributed by atoms with Gasteiger partial charge in [-0.2, -0.15) is 0 Å². The first kappa shape index (κ1) is 19.0. The monoisotopic (exact) mass is 386 g/mol. The Morgan fingerprint density at radius 2 is 1.96 bits per heavy atom. The summed E-state index contributed by atoms with van der Waals surface area (Å²) in [5.41, 5.74) is -0.199. The maximum atomic E-state index is 12.1. The van der Waals surface area contributed by atoms with E-state index in [2.05, 4.69) is 31.3 Å². The van der Waals surface area contributed by atoms with Crippen LogP contribution in [-0.2, 0) is 9.53 Å². The topological polar surface area (TPSA) is 105 Å². The number of esters is 1. The molecule has 0 radical (unpaired) electrons. The Bertz CT molecular complexity index is 616. The fraction of sp³-hybridized carbons (Fsp3) is 0.400. The third-order valence-corrected chi connectivity index (χ3v) is 3.54. The third kappa shape index (κ3) is 6.27. The molecule has 0 aromatic heterocycles. The molecule has 0 aliphatic carbocycles. The van der Waals surface area contributed by atoms with Crippen LogP contribution < -0.4 is 10.6 Å². The standard InChI is InChI=1S/C15H19BrN2O5/c1-15(2,7-6-12(19)20)18-14(22)17-11-5-4-9(16)8-10(11)13(21)23-3/h4-5,8H,6-7H2,1-3H3,(H,19,20)(H2,17,18,22). The Labute approximate surface area is 142 Å². The number of rotatable bonds is 6. The zero-order valence-electron chi connectivity index (χ0n) is 13.1. The van der Waals surface area contributed by atoms with Crippen molar-refractivity contribution in [2.24, 2.45) is 0 Å². The Kier molecular flexibility index (Phi) is 6.56. The van der Waals surface area contributed by atoms with E-state index in [1.165, 1.54) is 13.2 Å². The molecule has 1 rings (SSSR count). The molecule has 0 saturated carbocycles. The normalized spacial score (nSPS) is 10.8. The van der Waals surface area contributed by atoms with Gasteiger partial charge in [-0.25, -0.2) is 9.59 Å². The van der Waals surface area contributed by atoms with E-state index in [-0.39, 0.29) is 18.4 Å². The molecule has 0 atom stereocenters. The summed E-state index contributed by atoms with van der Waals surface area (Å²) in [4.78, 5) is 34.5. The highest BCUT2D eigenvalue weighted by Crippen LogP contribution is 2.22. The van der Waals surface area contributed by atoms with Crippen LogP contribution in [0.1, 0.15) is 37.0 Å². The Hall–Kier alpha value is -2.09. The molecule has 7 nitrogen and oxygen atoms in total. The largest absolute Gasteiger partial charge is 0.481 e. The van der Waals surface area contributed by atoms with Gasteiger partial charge < -0.3 is 20.5 Å². The van der Waals surface area contributed by atoms with E-state index in [4.69, 9.17) is 5.11 Å². The first-order valence-electron chi connectivity index (χ1n) is 6.83. The van der Waals surface area contributed by atoms with E-state index in [9.17, 15) is 14.4 Å². The van der Waals surface area contributed by atoms with Gasteiger partial charge in [-0.05, 0) is 38.5 Å². The molecule has 3 N–H and O–H groups in total. The first-order valence-corrected chi connectivity index (χ1v) is 7.63. The van der Waals surface area contributed by atoms with E-state index < -0.39 is 23.5 Å². The van der Waals surface area contributed by atoms with E-state index in [1.54, 1.807) is 26.0 Å². The highest BCUT2D eigenvalue weighted by Gasteiger charge is 2.22. The minimum Gasteiger partial charge on any atom is -0.481 e. The molecule has 0 unspecified atom stereocenters. The van der Waals surface area contributed by atoms with Crippen LogP contribution in [0.4, 0.5) is 10.5 Å². The fourth-order valence-electron chi connectivity index (χ4n) is 1.85. The molecule has 8 heteroatoms. The Morgan fingerprint density at radius 3 is 2.52 bits per heavy atom. The quantitative estimate of drug-likeness (QED) is 0.651. The number of carboxylic acids is 1. The second-order valence-corrected chi connectivity index (χ2v) is 6.45. The van der Waals surface area contributed by atoms with Crippen molar-refractivity contribution >= 4 is 39.6 Å². The van der Waals surface area contributed by atoms with Gasteiger partial charge in [-0.15, -0.1) is 0 Å². The molecule has 23 heavy (non-hydrogen) atoms. The molecule has 2 amide bonds. The average molecular weight is 387 g/mol. The molecule has 0 aliphatic rings. The van der Waals surface area contributed by atoms with Crippen LogP contribution in [0.25, 0.3) is 0 Å². The van der Waals surface area contributed by atoms with Crippen molar-refractivity contribution in [3.05, 3.63) is 28.2 Å². The summed E-state index contributed by atoms with van der Waals surface area (Å²) in [5.74, 6) is -1.51. The molecule has 0 bridgehead atoms. The third-order valence-electron chi connectivity index (χ3n) is 3.05. The van der Waals surface area contributed by atoms with Crippen LogP contribution in [-0.4, -0.2) is 35.7 Å². The lowest BCUT2D eigenvalue weighted by molar-refractivity contribution is -0.137. The summed E-state index contributed by atoms with van der Waals surface area (Å²) in [7, 11) is 1.25. The molecular formula is C15H19BrN2O5. The van der Waals surface area contributed by atoms with Crippen LogP contribution in [0.3, 0.4) is 0 Å². The number of hydrogen-bond acceptors (Lipinski definition) is 4. The van der Waals surface area contributed by atoms with Gasteiger partial charge in [-0.1, -0.05) is 15.9 Å². The minimum absolute atomic E-state index is 0.0566. The van der Waals surface area contributed by atoms with E-state index in [1.807, 2.05) is 0 Å². The molecule has 126 valence electrons. The maximum absolute atomic E-state index is 12.1. The van der Waals surface area contributed by atoms with Gasteiger partial charge in [0.25, 0.3) is 0 Å². The fourth-order valence-corrected chi connectivity index (χ4v) is 2.21. The van der Waals surface area contributed by atoms with Crippen molar-refractivity contribution < 1.29 is 24.2 Å². The van der Waals surface area contributed by atoms with Crippen LogP contribution in [0.5, 0.6) is 0 Å². The number of benzene rings is 1. The second kappa shape index (κ2) is 7.96.